The van der Waals surface area contributed by atoms with E-state index in [1.807, 2.05) is 13.0 Å². The Balaban J connectivity index is 1.95. The Labute approximate surface area is 160 Å². The average molecular weight is 393 g/mol. The van der Waals surface area contributed by atoms with E-state index in [0.29, 0.717) is 17.8 Å². The lowest BCUT2D eigenvalue weighted by Gasteiger charge is -2.30. The summed E-state index contributed by atoms with van der Waals surface area (Å²) in [5.41, 5.74) is 1.34. The number of benzene rings is 2. The lowest BCUT2D eigenvalue weighted by Crippen LogP contribution is -2.35. The second-order valence-corrected chi connectivity index (χ2v) is 7.33. The third kappa shape index (κ3) is 3.86. The maximum atomic E-state index is 14.2. The van der Waals surface area contributed by atoms with Gasteiger partial charge in [0.2, 0.25) is 5.91 Å². The van der Waals surface area contributed by atoms with Crippen LogP contribution in [0, 0.1) is 5.82 Å². The van der Waals surface area contributed by atoms with E-state index in [0.717, 1.165) is 11.3 Å². The normalized spacial score (nSPS) is 13.5. The van der Waals surface area contributed by atoms with Crippen molar-refractivity contribution in [3.63, 3.8) is 0 Å². The second-order valence-electron chi connectivity index (χ2n) is 5.91. The summed E-state index contributed by atoms with van der Waals surface area (Å²) in [4.78, 5) is 27.1. The number of thioether (sulfide) groups is 1. The van der Waals surface area contributed by atoms with Crippen LogP contribution in [0.2, 0.25) is 5.02 Å². The van der Waals surface area contributed by atoms with Crippen LogP contribution in [0.1, 0.15) is 29.3 Å². The Hall–Kier alpha value is -2.05. The Kier molecular flexibility index (Phi) is 5.84. The molecule has 4 nitrogen and oxygen atoms in total. The van der Waals surface area contributed by atoms with E-state index >= 15 is 0 Å². The van der Waals surface area contributed by atoms with Gasteiger partial charge in [0.25, 0.3) is 5.91 Å². The van der Waals surface area contributed by atoms with E-state index in [-0.39, 0.29) is 34.7 Å². The second kappa shape index (κ2) is 8.10. The van der Waals surface area contributed by atoms with Crippen molar-refractivity contribution in [2.24, 2.45) is 0 Å². The molecule has 0 atom stereocenters. The fourth-order valence-electron chi connectivity index (χ4n) is 2.70. The molecule has 1 aliphatic heterocycles. The number of hydrogen-bond donors (Lipinski definition) is 1. The molecule has 136 valence electrons. The van der Waals surface area contributed by atoms with E-state index in [4.69, 9.17) is 11.6 Å². The molecule has 2 amide bonds. The molecule has 2 aromatic carbocycles. The Bertz CT molecular complexity index is 839. The summed E-state index contributed by atoms with van der Waals surface area (Å²) >= 11 is 7.52. The molecule has 0 saturated heterocycles. The molecule has 0 spiro atoms. The van der Waals surface area contributed by atoms with Crippen molar-refractivity contribution in [3.8, 4) is 0 Å². The molecule has 0 unspecified atom stereocenters. The predicted molar refractivity (Wildman–Crippen MR) is 102 cm³/mol. The molecule has 1 N–H and O–H groups in total. The summed E-state index contributed by atoms with van der Waals surface area (Å²) in [5, 5.41) is 3.09. The molecule has 0 aliphatic carbocycles. The van der Waals surface area contributed by atoms with Crippen LogP contribution in [0.25, 0.3) is 0 Å². The number of halogens is 2. The summed E-state index contributed by atoms with van der Waals surface area (Å²) in [6, 6.07) is 9.68. The van der Waals surface area contributed by atoms with Gasteiger partial charge in [-0.15, -0.1) is 11.8 Å². The quantitative estimate of drug-likeness (QED) is 0.827. The van der Waals surface area contributed by atoms with Crippen LogP contribution in [-0.2, 0) is 11.3 Å². The number of rotatable bonds is 5. The minimum absolute atomic E-state index is 0.0257. The lowest BCUT2D eigenvalue weighted by atomic mass is 10.1. The highest BCUT2D eigenvalue weighted by atomic mass is 35.5. The molecular weight excluding hydrogens is 375 g/mol. The number of hydrogen-bond acceptors (Lipinski definition) is 3. The van der Waals surface area contributed by atoms with Gasteiger partial charge in [0, 0.05) is 27.6 Å². The molecule has 0 radical (unpaired) electrons. The number of nitrogens with one attached hydrogen (secondary N) is 1. The standard InChI is InChI=1S/C19H18ClFN2O2S/c1-2-8-22-19(25)12-6-7-17-16(9-12)23(18(24)11-26-17)10-13-14(20)4-3-5-15(13)21/h3-7,9H,2,8,10-11H2,1H3,(H,22,25). The number of carbonyl (C=O) groups excluding carboxylic acids is 2. The summed E-state index contributed by atoms with van der Waals surface area (Å²) in [6.45, 7) is 2.58. The maximum absolute atomic E-state index is 14.2. The molecule has 0 fully saturated rings. The number of carbonyl (C=O) groups is 2. The van der Waals surface area contributed by atoms with Crippen LogP contribution in [0.15, 0.2) is 41.3 Å². The predicted octanol–water partition coefficient (Wildman–Crippen LogP) is 4.26. The summed E-state index contributed by atoms with van der Waals surface area (Å²) < 4.78 is 14.2. The molecule has 0 saturated carbocycles. The van der Waals surface area contributed by atoms with Crippen LogP contribution in [0.4, 0.5) is 10.1 Å². The highest BCUT2D eigenvalue weighted by Crippen LogP contribution is 2.37. The molecule has 1 aliphatic rings. The highest BCUT2D eigenvalue weighted by Gasteiger charge is 2.27. The first-order valence-corrected chi connectivity index (χ1v) is 9.66. The molecule has 1 heterocycles. The van der Waals surface area contributed by atoms with Crippen LogP contribution in [0.3, 0.4) is 0 Å². The van der Waals surface area contributed by atoms with E-state index in [1.54, 1.807) is 18.2 Å². The zero-order valence-electron chi connectivity index (χ0n) is 14.2. The lowest BCUT2D eigenvalue weighted by molar-refractivity contribution is -0.116. The first-order valence-electron chi connectivity index (χ1n) is 8.29. The van der Waals surface area contributed by atoms with Gasteiger partial charge in [-0.05, 0) is 36.8 Å². The third-order valence-electron chi connectivity index (χ3n) is 4.08. The summed E-state index contributed by atoms with van der Waals surface area (Å²) in [7, 11) is 0. The smallest absolute Gasteiger partial charge is 0.251 e. The maximum Gasteiger partial charge on any atom is 0.251 e. The van der Waals surface area contributed by atoms with Crippen molar-refractivity contribution in [2.45, 2.75) is 24.8 Å². The third-order valence-corrected chi connectivity index (χ3v) is 5.48. The fraction of sp³-hybridized carbons (Fsp3) is 0.263. The SMILES string of the molecule is CCCNC(=O)c1ccc2c(c1)N(Cc1c(F)cccc1Cl)C(=O)CS2. The number of fused-ring (bicyclic) bond motifs is 1. The largest absolute Gasteiger partial charge is 0.352 e. The summed E-state index contributed by atoms with van der Waals surface area (Å²) in [6.07, 6.45) is 0.836. The van der Waals surface area contributed by atoms with Crippen molar-refractivity contribution in [2.75, 3.05) is 17.2 Å². The van der Waals surface area contributed by atoms with Gasteiger partial charge in [0.15, 0.2) is 0 Å². The van der Waals surface area contributed by atoms with Crippen LogP contribution in [-0.4, -0.2) is 24.1 Å². The van der Waals surface area contributed by atoms with Gasteiger partial charge < -0.3 is 10.2 Å². The molecular formula is C19H18ClFN2O2S. The molecule has 3 rings (SSSR count). The molecule has 26 heavy (non-hydrogen) atoms. The van der Waals surface area contributed by atoms with Crippen LogP contribution >= 0.6 is 23.4 Å². The first-order chi connectivity index (χ1) is 12.5. The van der Waals surface area contributed by atoms with Crippen molar-refractivity contribution in [1.29, 1.82) is 0 Å². The molecule has 0 aromatic heterocycles. The van der Waals surface area contributed by atoms with Crippen LogP contribution < -0.4 is 10.2 Å². The van der Waals surface area contributed by atoms with Gasteiger partial charge in [-0.1, -0.05) is 24.6 Å². The van der Waals surface area contributed by atoms with Crippen molar-refractivity contribution in [1.82, 2.24) is 5.32 Å². The van der Waals surface area contributed by atoms with Crippen molar-refractivity contribution >= 4 is 40.9 Å². The summed E-state index contributed by atoms with van der Waals surface area (Å²) in [5.74, 6) is -0.531. The van der Waals surface area contributed by atoms with E-state index in [1.165, 1.54) is 28.8 Å². The monoisotopic (exact) mass is 392 g/mol. The van der Waals surface area contributed by atoms with Crippen molar-refractivity contribution in [3.05, 3.63) is 58.4 Å². The number of amides is 2. The Morgan fingerprint density at radius 3 is 2.88 bits per heavy atom. The Morgan fingerprint density at radius 2 is 2.15 bits per heavy atom. The number of nitrogens with zero attached hydrogens (tertiary/aromatic N) is 1. The van der Waals surface area contributed by atoms with Gasteiger partial charge in [0.05, 0.1) is 18.0 Å². The minimum atomic E-state index is -0.457. The van der Waals surface area contributed by atoms with E-state index in [9.17, 15) is 14.0 Å². The topological polar surface area (TPSA) is 49.4 Å². The number of anilines is 1. The zero-order valence-corrected chi connectivity index (χ0v) is 15.8. The average Bonchev–Trinajstić information content (AvgIpc) is 2.64. The van der Waals surface area contributed by atoms with Gasteiger partial charge >= 0.3 is 0 Å². The van der Waals surface area contributed by atoms with E-state index < -0.39 is 5.82 Å². The highest BCUT2D eigenvalue weighted by molar-refractivity contribution is 8.00. The van der Waals surface area contributed by atoms with Crippen LogP contribution in [0.5, 0.6) is 0 Å². The zero-order chi connectivity index (χ0) is 18.7. The van der Waals surface area contributed by atoms with Gasteiger partial charge in [-0.3, -0.25) is 9.59 Å². The van der Waals surface area contributed by atoms with Crippen molar-refractivity contribution < 1.29 is 14.0 Å². The molecule has 7 heteroatoms. The van der Waals surface area contributed by atoms with Gasteiger partial charge in [-0.2, -0.15) is 0 Å². The van der Waals surface area contributed by atoms with Gasteiger partial charge in [0.1, 0.15) is 5.82 Å². The fourth-order valence-corrected chi connectivity index (χ4v) is 3.84. The molecule has 0 bridgehead atoms. The minimum Gasteiger partial charge on any atom is -0.352 e. The van der Waals surface area contributed by atoms with Gasteiger partial charge in [-0.25, -0.2) is 4.39 Å². The first kappa shape index (κ1) is 18.7. The Morgan fingerprint density at radius 1 is 1.35 bits per heavy atom. The molecule has 2 aromatic rings. The van der Waals surface area contributed by atoms with E-state index in [2.05, 4.69) is 5.32 Å².